The van der Waals surface area contributed by atoms with Gasteiger partial charge in [-0.3, -0.25) is 4.79 Å². The van der Waals surface area contributed by atoms with Gasteiger partial charge in [-0.25, -0.2) is 8.42 Å². The summed E-state index contributed by atoms with van der Waals surface area (Å²) >= 11 is 0. The molecule has 1 unspecified atom stereocenters. The molecule has 1 saturated heterocycles. The van der Waals surface area contributed by atoms with E-state index in [0.717, 1.165) is 24.1 Å². The van der Waals surface area contributed by atoms with Gasteiger partial charge in [-0.2, -0.15) is 0 Å². The van der Waals surface area contributed by atoms with Gasteiger partial charge in [0.25, 0.3) is 0 Å². The lowest BCUT2D eigenvalue weighted by Gasteiger charge is -2.20. The molecule has 3 rings (SSSR count). The van der Waals surface area contributed by atoms with Crippen LogP contribution in [0.2, 0.25) is 0 Å². The number of sulfone groups is 1. The fraction of sp³-hybridized carbons (Fsp3) is 0.435. The largest absolute Gasteiger partial charge is 0.359 e. The average molecular weight is 415 g/mol. The normalized spacial score (nSPS) is 17.4. The van der Waals surface area contributed by atoms with Crippen molar-refractivity contribution in [1.29, 1.82) is 0 Å². The summed E-state index contributed by atoms with van der Waals surface area (Å²) in [5.41, 5.74) is 3.37. The van der Waals surface area contributed by atoms with E-state index in [0.29, 0.717) is 6.04 Å². The van der Waals surface area contributed by atoms with E-state index < -0.39 is 9.84 Å². The van der Waals surface area contributed by atoms with Gasteiger partial charge in [0.1, 0.15) is 0 Å². The summed E-state index contributed by atoms with van der Waals surface area (Å²) in [5, 5.41) is 2.44. The molecular weight excluding hydrogens is 384 g/mol. The van der Waals surface area contributed by atoms with E-state index in [-0.39, 0.29) is 23.0 Å². The SMILES string of the molecule is CNC(=O)CCS(=O)(=O)c1ccc(-c2ccc(CCN3CCCC3C)cc2)cc1. The first kappa shape index (κ1) is 21.5. The van der Waals surface area contributed by atoms with Crippen molar-refractivity contribution in [3.05, 3.63) is 54.1 Å². The minimum atomic E-state index is -3.46. The summed E-state index contributed by atoms with van der Waals surface area (Å²) in [6.07, 6.45) is 3.62. The quantitative estimate of drug-likeness (QED) is 0.720. The van der Waals surface area contributed by atoms with Crippen molar-refractivity contribution >= 4 is 15.7 Å². The topological polar surface area (TPSA) is 66.5 Å². The first-order valence-corrected chi connectivity index (χ1v) is 11.9. The highest BCUT2D eigenvalue weighted by atomic mass is 32.2. The van der Waals surface area contributed by atoms with E-state index in [2.05, 4.69) is 41.4 Å². The number of rotatable bonds is 8. The third-order valence-electron chi connectivity index (χ3n) is 5.76. The van der Waals surface area contributed by atoms with Crippen LogP contribution in [-0.2, 0) is 21.1 Å². The minimum Gasteiger partial charge on any atom is -0.359 e. The maximum absolute atomic E-state index is 12.4. The van der Waals surface area contributed by atoms with Gasteiger partial charge in [0.2, 0.25) is 5.91 Å². The number of amides is 1. The van der Waals surface area contributed by atoms with E-state index in [4.69, 9.17) is 0 Å². The fourth-order valence-corrected chi connectivity index (χ4v) is 5.03. The molecule has 1 heterocycles. The first-order valence-electron chi connectivity index (χ1n) is 10.3. The van der Waals surface area contributed by atoms with Gasteiger partial charge in [0.15, 0.2) is 9.84 Å². The Hall–Kier alpha value is -2.18. The molecule has 1 atom stereocenters. The maximum atomic E-state index is 12.4. The number of nitrogens with one attached hydrogen (secondary N) is 1. The third kappa shape index (κ3) is 5.67. The molecule has 1 N–H and O–H groups in total. The molecule has 1 amide bonds. The number of carbonyl (C=O) groups is 1. The lowest BCUT2D eigenvalue weighted by atomic mass is 10.0. The molecule has 0 aromatic heterocycles. The number of nitrogens with zero attached hydrogens (tertiary/aromatic N) is 1. The number of benzene rings is 2. The highest BCUT2D eigenvalue weighted by Gasteiger charge is 2.19. The second-order valence-corrected chi connectivity index (χ2v) is 9.85. The zero-order valence-corrected chi connectivity index (χ0v) is 18.0. The first-order chi connectivity index (χ1) is 13.9. The Morgan fingerprint density at radius 1 is 1.07 bits per heavy atom. The Morgan fingerprint density at radius 2 is 1.69 bits per heavy atom. The summed E-state index contributed by atoms with van der Waals surface area (Å²) in [5.74, 6) is -0.458. The van der Waals surface area contributed by atoms with Crippen molar-refractivity contribution in [2.24, 2.45) is 0 Å². The van der Waals surface area contributed by atoms with Crippen LogP contribution >= 0.6 is 0 Å². The van der Waals surface area contributed by atoms with Gasteiger partial charge in [-0.05, 0) is 61.6 Å². The molecule has 0 bridgehead atoms. The molecule has 156 valence electrons. The van der Waals surface area contributed by atoms with Crippen LogP contribution in [0.1, 0.15) is 31.7 Å². The second kappa shape index (κ2) is 9.55. The van der Waals surface area contributed by atoms with Crippen molar-refractivity contribution < 1.29 is 13.2 Å². The fourth-order valence-electron chi connectivity index (χ4n) is 3.79. The Labute approximate surface area is 174 Å². The number of hydrogen-bond donors (Lipinski definition) is 1. The van der Waals surface area contributed by atoms with Gasteiger partial charge in [-0.15, -0.1) is 0 Å². The lowest BCUT2D eigenvalue weighted by Crippen LogP contribution is -2.28. The summed E-state index contributed by atoms with van der Waals surface area (Å²) in [6.45, 7) is 4.61. The van der Waals surface area contributed by atoms with E-state index in [9.17, 15) is 13.2 Å². The second-order valence-electron chi connectivity index (χ2n) is 7.74. The van der Waals surface area contributed by atoms with Crippen molar-refractivity contribution in [1.82, 2.24) is 10.2 Å². The molecule has 0 radical (unpaired) electrons. The Kier molecular flexibility index (Phi) is 7.09. The van der Waals surface area contributed by atoms with Gasteiger partial charge in [0, 0.05) is 26.1 Å². The minimum absolute atomic E-state index is 0.0295. The molecule has 0 saturated carbocycles. The van der Waals surface area contributed by atoms with Gasteiger partial charge in [-0.1, -0.05) is 36.4 Å². The molecule has 5 nitrogen and oxygen atoms in total. The summed E-state index contributed by atoms with van der Waals surface area (Å²) < 4.78 is 24.7. The maximum Gasteiger partial charge on any atom is 0.220 e. The molecule has 29 heavy (non-hydrogen) atoms. The Morgan fingerprint density at radius 3 is 2.24 bits per heavy atom. The van der Waals surface area contributed by atoms with E-state index in [1.165, 1.54) is 32.0 Å². The van der Waals surface area contributed by atoms with Crippen molar-refractivity contribution in [3.63, 3.8) is 0 Å². The Bertz CT molecular complexity index is 922. The predicted molar refractivity (Wildman–Crippen MR) is 117 cm³/mol. The highest BCUT2D eigenvalue weighted by Crippen LogP contribution is 2.23. The smallest absolute Gasteiger partial charge is 0.220 e. The molecule has 2 aromatic carbocycles. The van der Waals surface area contributed by atoms with Gasteiger partial charge < -0.3 is 10.2 Å². The zero-order chi connectivity index (χ0) is 20.9. The van der Waals surface area contributed by atoms with Crippen molar-refractivity contribution in [2.75, 3.05) is 25.9 Å². The molecule has 1 fully saturated rings. The molecular formula is C23H30N2O3S. The van der Waals surface area contributed by atoms with Crippen LogP contribution in [0, 0.1) is 0 Å². The summed E-state index contributed by atoms with van der Waals surface area (Å²) in [6, 6.07) is 16.1. The molecule has 1 aliphatic rings. The molecule has 0 aliphatic carbocycles. The summed E-state index contributed by atoms with van der Waals surface area (Å²) in [4.78, 5) is 14.1. The van der Waals surface area contributed by atoms with E-state index in [1.54, 1.807) is 12.1 Å². The van der Waals surface area contributed by atoms with Gasteiger partial charge >= 0.3 is 0 Å². The number of likely N-dealkylation sites (tertiary alicyclic amines) is 1. The molecule has 2 aromatic rings. The number of hydrogen-bond acceptors (Lipinski definition) is 4. The zero-order valence-electron chi connectivity index (χ0n) is 17.2. The van der Waals surface area contributed by atoms with Crippen LogP contribution in [0.3, 0.4) is 0 Å². The molecule has 0 spiro atoms. The molecule has 6 heteroatoms. The third-order valence-corrected chi connectivity index (χ3v) is 7.49. The van der Waals surface area contributed by atoms with Crippen LogP contribution in [0.4, 0.5) is 0 Å². The predicted octanol–water partition coefficient (Wildman–Crippen LogP) is 3.29. The van der Waals surface area contributed by atoms with Crippen LogP contribution < -0.4 is 5.32 Å². The standard InChI is InChI=1S/C23H30N2O3S/c1-18-4-3-15-25(18)16-13-19-5-7-20(8-6-19)21-9-11-22(12-10-21)29(27,28)17-14-23(26)24-2/h5-12,18H,3-4,13-17H2,1-2H3,(H,24,26). The highest BCUT2D eigenvalue weighted by molar-refractivity contribution is 7.91. The van der Waals surface area contributed by atoms with E-state index in [1.807, 2.05) is 12.1 Å². The van der Waals surface area contributed by atoms with Gasteiger partial charge in [0.05, 0.1) is 10.6 Å². The van der Waals surface area contributed by atoms with Crippen LogP contribution in [0.25, 0.3) is 11.1 Å². The van der Waals surface area contributed by atoms with Crippen LogP contribution in [0.15, 0.2) is 53.4 Å². The van der Waals surface area contributed by atoms with E-state index >= 15 is 0 Å². The van der Waals surface area contributed by atoms with Crippen molar-refractivity contribution in [2.45, 2.75) is 43.5 Å². The Balaban J connectivity index is 1.61. The lowest BCUT2D eigenvalue weighted by molar-refractivity contribution is -0.120. The monoisotopic (exact) mass is 414 g/mol. The van der Waals surface area contributed by atoms with Crippen LogP contribution in [0.5, 0.6) is 0 Å². The molecule has 1 aliphatic heterocycles. The number of carbonyl (C=O) groups excluding carboxylic acids is 1. The average Bonchev–Trinajstić information content (AvgIpc) is 3.15. The summed E-state index contributed by atoms with van der Waals surface area (Å²) in [7, 11) is -1.95. The van der Waals surface area contributed by atoms with Crippen molar-refractivity contribution in [3.8, 4) is 11.1 Å². The van der Waals surface area contributed by atoms with Crippen LogP contribution in [-0.4, -0.2) is 51.2 Å².